The van der Waals surface area contributed by atoms with E-state index in [1.54, 1.807) is 6.07 Å². The van der Waals surface area contributed by atoms with Crippen LogP contribution in [0.2, 0.25) is 5.02 Å². The Hall–Kier alpha value is -2.05. The Morgan fingerprint density at radius 1 is 1.31 bits per heavy atom. The number of halogens is 1. The van der Waals surface area contributed by atoms with E-state index in [4.69, 9.17) is 20.8 Å². The molecule has 1 saturated heterocycles. The van der Waals surface area contributed by atoms with Crippen LogP contribution in [0, 0.1) is 6.92 Å². The molecule has 1 unspecified atom stereocenters. The molecule has 1 atom stereocenters. The number of nitrogens with zero attached hydrogens (tertiary/aromatic N) is 1. The summed E-state index contributed by atoms with van der Waals surface area (Å²) < 4.78 is 11.4. The van der Waals surface area contributed by atoms with Gasteiger partial charge in [0, 0.05) is 37.4 Å². The van der Waals surface area contributed by atoms with Gasteiger partial charge in [-0.1, -0.05) is 11.6 Å². The average Bonchev–Trinajstić information content (AvgIpc) is 3.01. The van der Waals surface area contributed by atoms with Crippen LogP contribution in [0.4, 0.5) is 0 Å². The van der Waals surface area contributed by atoms with E-state index in [0.717, 1.165) is 49.0 Å². The predicted octanol–water partition coefficient (Wildman–Crippen LogP) is 1.50. The maximum atomic E-state index is 11.8. The molecule has 3 heterocycles. The molecule has 0 saturated carbocycles. The van der Waals surface area contributed by atoms with Gasteiger partial charge in [0.15, 0.2) is 11.3 Å². The number of ether oxygens (including phenoxy) is 1. The van der Waals surface area contributed by atoms with Crippen LogP contribution in [0.25, 0.3) is 11.0 Å². The fraction of sp³-hybridized carbons (Fsp3) is 0.474. The number of benzene rings is 1. The van der Waals surface area contributed by atoms with Crippen molar-refractivity contribution in [3.63, 3.8) is 0 Å². The van der Waals surface area contributed by atoms with Crippen molar-refractivity contribution in [2.75, 3.05) is 26.4 Å². The topological polar surface area (TPSA) is 64.2 Å². The van der Waals surface area contributed by atoms with Crippen LogP contribution in [0.15, 0.2) is 21.3 Å². The quantitative estimate of drug-likeness (QED) is 0.820. The summed E-state index contributed by atoms with van der Waals surface area (Å²) in [5.41, 5.74) is 1.91. The van der Waals surface area contributed by atoms with E-state index >= 15 is 0 Å². The molecule has 2 aliphatic rings. The van der Waals surface area contributed by atoms with Crippen molar-refractivity contribution < 1.29 is 18.8 Å². The Morgan fingerprint density at radius 2 is 2.15 bits per heavy atom. The third-order valence-corrected chi connectivity index (χ3v) is 5.50. The first-order chi connectivity index (χ1) is 12.5. The first-order valence-corrected chi connectivity index (χ1v) is 9.40. The zero-order valence-electron chi connectivity index (χ0n) is 14.8. The molecule has 1 fully saturated rings. The number of quaternary nitrogens is 1. The lowest BCUT2D eigenvalue weighted by Gasteiger charge is -2.27. The fourth-order valence-corrected chi connectivity index (χ4v) is 4.15. The number of carbonyl (C=O) groups excluding carboxylic acids is 1. The lowest BCUT2D eigenvalue weighted by molar-refractivity contribution is -0.932. The van der Waals surface area contributed by atoms with Crippen molar-refractivity contribution >= 4 is 28.5 Å². The molecule has 1 N–H and O–H groups in total. The highest BCUT2D eigenvalue weighted by Crippen LogP contribution is 2.36. The average molecular weight is 378 g/mol. The van der Waals surface area contributed by atoms with Gasteiger partial charge in [0.2, 0.25) is 12.6 Å². The van der Waals surface area contributed by atoms with Crippen LogP contribution < -0.4 is 15.3 Å². The standard InChI is InChI=1S/C19H21ClN2O4/c1-12-8-17(24)26-18-13(12)9-15(20)19-14(18)10-21(11-25-19)5-3-7-22-6-2-4-16(22)23/h8-9H,2-7,10-11H2,1H3/p+1. The van der Waals surface area contributed by atoms with Gasteiger partial charge in [-0.05, 0) is 25.0 Å². The Balaban J connectivity index is 1.53. The summed E-state index contributed by atoms with van der Waals surface area (Å²) in [5, 5.41) is 1.40. The van der Waals surface area contributed by atoms with Crippen molar-refractivity contribution in [1.29, 1.82) is 0 Å². The van der Waals surface area contributed by atoms with Crippen LogP contribution in [-0.2, 0) is 11.3 Å². The second kappa shape index (κ2) is 6.93. The number of fused-ring (bicyclic) bond motifs is 3. The molecule has 1 aromatic heterocycles. The number of hydrogen-bond donors (Lipinski definition) is 1. The van der Waals surface area contributed by atoms with E-state index in [-0.39, 0.29) is 11.5 Å². The summed E-state index contributed by atoms with van der Waals surface area (Å²) in [6.45, 7) is 5.63. The summed E-state index contributed by atoms with van der Waals surface area (Å²) in [7, 11) is 0. The highest BCUT2D eigenvalue weighted by Gasteiger charge is 2.27. The van der Waals surface area contributed by atoms with Crippen molar-refractivity contribution in [2.24, 2.45) is 0 Å². The van der Waals surface area contributed by atoms with Gasteiger partial charge < -0.3 is 14.1 Å². The Bertz CT molecular complexity index is 924. The first-order valence-electron chi connectivity index (χ1n) is 9.03. The Labute approximate surface area is 156 Å². The highest BCUT2D eigenvalue weighted by molar-refractivity contribution is 6.33. The number of nitrogens with one attached hydrogen (secondary N) is 1. The molecule has 0 spiro atoms. The second-order valence-corrected chi connectivity index (χ2v) is 7.50. The number of rotatable bonds is 4. The summed E-state index contributed by atoms with van der Waals surface area (Å²) in [6.07, 6.45) is 2.56. The van der Waals surface area contributed by atoms with Crippen LogP contribution in [0.1, 0.15) is 30.4 Å². The molecule has 1 aromatic carbocycles. The second-order valence-electron chi connectivity index (χ2n) is 7.09. The zero-order chi connectivity index (χ0) is 18.3. The fourth-order valence-electron chi connectivity index (χ4n) is 3.87. The molecule has 1 amide bonds. The van der Waals surface area contributed by atoms with Gasteiger partial charge in [-0.3, -0.25) is 9.69 Å². The summed E-state index contributed by atoms with van der Waals surface area (Å²) in [4.78, 5) is 26.7. The lowest BCUT2D eigenvalue weighted by atomic mass is 10.0. The summed E-state index contributed by atoms with van der Waals surface area (Å²) >= 11 is 6.39. The van der Waals surface area contributed by atoms with E-state index < -0.39 is 0 Å². The molecule has 138 valence electrons. The van der Waals surface area contributed by atoms with Crippen molar-refractivity contribution in [3.05, 3.63) is 38.7 Å². The van der Waals surface area contributed by atoms with Crippen LogP contribution in [-0.4, -0.2) is 37.2 Å². The molecule has 2 aromatic rings. The Kier molecular flexibility index (Phi) is 4.63. The Morgan fingerprint density at radius 3 is 2.92 bits per heavy atom. The van der Waals surface area contributed by atoms with Crippen LogP contribution in [0.3, 0.4) is 0 Å². The molecule has 0 radical (unpaired) electrons. The van der Waals surface area contributed by atoms with E-state index in [9.17, 15) is 9.59 Å². The lowest BCUT2D eigenvalue weighted by Crippen LogP contribution is -3.12. The van der Waals surface area contributed by atoms with Crippen LogP contribution in [0.5, 0.6) is 5.75 Å². The molecule has 4 rings (SSSR count). The van der Waals surface area contributed by atoms with Gasteiger partial charge >= 0.3 is 5.63 Å². The number of hydrogen-bond acceptors (Lipinski definition) is 4. The van der Waals surface area contributed by atoms with E-state index in [2.05, 4.69) is 0 Å². The van der Waals surface area contributed by atoms with Crippen molar-refractivity contribution in [1.82, 2.24) is 4.90 Å². The summed E-state index contributed by atoms with van der Waals surface area (Å²) in [6, 6.07) is 3.28. The van der Waals surface area contributed by atoms with Gasteiger partial charge in [-0.15, -0.1) is 0 Å². The molecule has 2 aliphatic heterocycles. The van der Waals surface area contributed by atoms with E-state index in [1.807, 2.05) is 11.8 Å². The minimum atomic E-state index is -0.362. The van der Waals surface area contributed by atoms with Crippen molar-refractivity contribution in [2.45, 2.75) is 32.7 Å². The smallest absolute Gasteiger partial charge is 0.336 e. The van der Waals surface area contributed by atoms with Crippen molar-refractivity contribution in [3.8, 4) is 5.75 Å². The van der Waals surface area contributed by atoms with Gasteiger partial charge in [0.25, 0.3) is 0 Å². The molecule has 7 heteroatoms. The van der Waals surface area contributed by atoms with Crippen LogP contribution >= 0.6 is 11.6 Å². The number of likely N-dealkylation sites (tertiary alicyclic amines) is 1. The van der Waals surface area contributed by atoms with Gasteiger partial charge in [-0.2, -0.15) is 0 Å². The maximum Gasteiger partial charge on any atom is 0.336 e. The third-order valence-electron chi connectivity index (χ3n) is 5.22. The number of carbonyl (C=O) groups is 1. The third kappa shape index (κ3) is 3.19. The molecule has 0 aliphatic carbocycles. The predicted molar refractivity (Wildman–Crippen MR) is 97.7 cm³/mol. The highest BCUT2D eigenvalue weighted by atomic mass is 35.5. The monoisotopic (exact) mass is 377 g/mol. The minimum Gasteiger partial charge on any atom is -0.443 e. The van der Waals surface area contributed by atoms with E-state index in [0.29, 0.717) is 36.1 Å². The maximum absolute atomic E-state index is 11.8. The van der Waals surface area contributed by atoms with Gasteiger partial charge in [0.05, 0.1) is 17.1 Å². The minimum absolute atomic E-state index is 0.260. The zero-order valence-corrected chi connectivity index (χ0v) is 15.5. The van der Waals surface area contributed by atoms with Gasteiger partial charge in [0.1, 0.15) is 6.54 Å². The molecule has 26 heavy (non-hydrogen) atoms. The number of aryl methyl sites for hydroxylation is 1. The largest absolute Gasteiger partial charge is 0.443 e. The first kappa shape index (κ1) is 17.4. The van der Waals surface area contributed by atoms with Gasteiger partial charge in [-0.25, -0.2) is 4.79 Å². The molecule has 6 nitrogen and oxygen atoms in total. The number of amides is 1. The summed E-state index contributed by atoms with van der Waals surface area (Å²) in [5.74, 6) is 0.877. The molecule has 0 bridgehead atoms. The normalized spacial score (nSPS) is 19.7. The SMILES string of the molecule is Cc1cc(=O)oc2c3c(c(Cl)cc12)OC[NH+](CCCN1CCCC1=O)C3. The molecular weight excluding hydrogens is 356 g/mol. The van der Waals surface area contributed by atoms with E-state index in [1.165, 1.54) is 11.0 Å². The molecular formula is C19H22ClN2O4+.